The first-order valence-electron chi connectivity index (χ1n) is 4.14. The monoisotopic (exact) mass is 192 g/mol. The van der Waals surface area contributed by atoms with Crippen molar-refractivity contribution in [2.75, 3.05) is 14.2 Å². The van der Waals surface area contributed by atoms with Crippen LogP contribution in [0.4, 0.5) is 0 Å². The molecule has 0 saturated heterocycles. The molecule has 0 amide bonds. The summed E-state index contributed by atoms with van der Waals surface area (Å²) in [6, 6.07) is 5.48. The van der Waals surface area contributed by atoms with Gasteiger partial charge in [0.2, 0.25) is 0 Å². The Balaban J connectivity index is 2.88. The lowest BCUT2D eigenvalue weighted by atomic mass is 10.2. The molecule has 1 rings (SSSR count). The highest BCUT2D eigenvalue weighted by Crippen LogP contribution is 2.24. The highest BCUT2D eigenvalue weighted by molar-refractivity contribution is 5.40. The summed E-state index contributed by atoms with van der Waals surface area (Å²) >= 11 is 0. The van der Waals surface area contributed by atoms with Crippen molar-refractivity contribution >= 4 is 0 Å². The summed E-state index contributed by atoms with van der Waals surface area (Å²) in [7, 11) is 3.19. The molecule has 0 radical (unpaired) electrons. The van der Waals surface area contributed by atoms with Gasteiger partial charge in [-0.3, -0.25) is 0 Å². The fourth-order valence-electron chi connectivity index (χ4n) is 1.13. The molecule has 0 unspecified atom stereocenters. The lowest BCUT2D eigenvalue weighted by Crippen LogP contribution is -2.06. The van der Waals surface area contributed by atoms with Gasteiger partial charge >= 0.3 is 0 Å². The van der Waals surface area contributed by atoms with Gasteiger partial charge in [0, 0.05) is 11.6 Å². The molecule has 0 saturated carbocycles. The molecule has 1 N–H and O–H groups in total. The van der Waals surface area contributed by atoms with Crippen LogP contribution in [0.5, 0.6) is 11.5 Å². The zero-order chi connectivity index (χ0) is 10.4. The summed E-state index contributed by atoms with van der Waals surface area (Å²) in [4.78, 5) is 0. The van der Waals surface area contributed by atoms with Crippen molar-refractivity contribution < 1.29 is 9.47 Å². The lowest BCUT2D eigenvalue weighted by Gasteiger charge is -2.09. The number of ether oxygens (including phenoxy) is 2. The minimum absolute atomic E-state index is 0.462. The number of nitrogens with one attached hydrogen (secondary N) is 1. The molecule has 1 aromatic rings. The zero-order valence-corrected chi connectivity index (χ0v) is 8.20. The molecule has 0 aliphatic carbocycles. The summed E-state index contributed by atoms with van der Waals surface area (Å²) in [5, 5.41) is 10.9. The van der Waals surface area contributed by atoms with Gasteiger partial charge < -0.3 is 14.8 Å². The van der Waals surface area contributed by atoms with Crippen LogP contribution >= 0.6 is 0 Å². The molecule has 0 aromatic heterocycles. The maximum atomic E-state index is 8.37. The van der Waals surface area contributed by atoms with Crippen molar-refractivity contribution in [1.82, 2.24) is 5.32 Å². The minimum Gasteiger partial charge on any atom is -0.497 e. The van der Waals surface area contributed by atoms with E-state index in [0.717, 1.165) is 11.3 Å². The van der Waals surface area contributed by atoms with Crippen LogP contribution < -0.4 is 14.8 Å². The van der Waals surface area contributed by atoms with Gasteiger partial charge in [0.05, 0.1) is 20.8 Å². The van der Waals surface area contributed by atoms with Crippen molar-refractivity contribution in [2.24, 2.45) is 0 Å². The van der Waals surface area contributed by atoms with Crippen LogP contribution in [0.15, 0.2) is 18.2 Å². The van der Waals surface area contributed by atoms with E-state index in [-0.39, 0.29) is 0 Å². The Morgan fingerprint density at radius 1 is 1.36 bits per heavy atom. The SMILES string of the molecule is COc1ccc(CNC#N)c(OC)c1. The number of hydrogen-bond acceptors (Lipinski definition) is 4. The first-order chi connectivity index (χ1) is 6.81. The summed E-state index contributed by atoms with van der Waals surface area (Å²) in [5.74, 6) is 1.45. The van der Waals surface area contributed by atoms with Crippen molar-refractivity contribution in [3.05, 3.63) is 23.8 Å². The van der Waals surface area contributed by atoms with Crippen LogP contribution in [-0.4, -0.2) is 14.2 Å². The van der Waals surface area contributed by atoms with E-state index in [1.165, 1.54) is 0 Å². The third-order valence-electron chi connectivity index (χ3n) is 1.85. The van der Waals surface area contributed by atoms with Crippen LogP contribution in [0, 0.1) is 11.5 Å². The quantitative estimate of drug-likeness (QED) is 0.576. The smallest absolute Gasteiger partial charge is 0.176 e. The largest absolute Gasteiger partial charge is 0.497 e. The predicted octanol–water partition coefficient (Wildman–Crippen LogP) is 1.27. The summed E-state index contributed by atoms with van der Waals surface area (Å²) < 4.78 is 10.2. The van der Waals surface area contributed by atoms with E-state index < -0.39 is 0 Å². The van der Waals surface area contributed by atoms with Crippen molar-refractivity contribution in [3.63, 3.8) is 0 Å². The topological polar surface area (TPSA) is 54.3 Å². The maximum absolute atomic E-state index is 8.37. The van der Waals surface area contributed by atoms with Crippen LogP contribution in [0.2, 0.25) is 0 Å². The van der Waals surface area contributed by atoms with Gasteiger partial charge in [-0.25, -0.2) is 0 Å². The number of nitriles is 1. The minimum atomic E-state index is 0.462. The third-order valence-corrected chi connectivity index (χ3v) is 1.85. The summed E-state index contributed by atoms with van der Waals surface area (Å²) in [6.45, 7) is 0.462. The molecule has 4 nitrogen and oxygen atoms in total. The lowest BCUT2D eigenvalue weighted by molar-refractivity contribution is 0.390. The molecule has 0 aliphatic heterocycles. The van der Waals surface area contributed by atoms with Gasteiger partial charge in [0.15, 0.2) is 6.19 Å². The van der Waals surface area contributed by atoms with Gasteiger partial charge in [-0.1, -0.05) is 0 Å². The Morgan fingerprint density at radius 3 is 2.71 bits per heavy atom. The fourth-order valence-corrected chi connectivity index (χ4v) is 1.13. The van der Waals surface area contributed by atoms with Crippen LogP contribution in [0.1, 0.15) is 5.56 Å². The zero-order valence-electron chi connectivity index (χ0n) is 8.20. The second kappa shape index (κ2) is 4.97. The average Bonchev–Trinajstić information content (AvgIpc) is 2.26. The number of benzene rings is 1. The maximum Gasteiger partial charge on any atom is 0.176 e. The molecule has 0 aliphatic rings. The molecule has 0 bridgehead atoms. The van der Waals surface area contributed by atoms with Gasteiger partial charge in [0.25, 0.3) is 0 Å². The van der Waals surface area contributed by atoms with E-state index in [2.05, 4.69) is 5.32 Å². The normalized spacial score (nSPS) is 8.93. The van der Waals surface area contributed by atoms with Crippen molar-refractivity contribution in [2.45, 2.75) is 6.54 Å². The second-order valence-electron chi connectivity index (χ2n) is 2.64. The number of rotatable bonds is 4. The number of methoxy groups -OCH3 is 2. The third kappa shape index (κ3) is 2.30. The second-order valence-corrected chi connectivity index (χ2v) is 2.64. The first-order valence-corrected chi connectivity index (χ1v) is 4.14. The predicted molar refractivity (Wildman–Crippen MR) is 52.0 cm³/mol. The van der Waals surface area contributed by atoms with Crippen LogP contribution in [0.25, 0.3) is 0 Å². The molecule has 4 heteroatoms. The van der Waals surface area contributed by atoms with E-state index in [9.17, 15) is 0 Å². The summed E-state index contributed by atoms with van der Waals surface area (Å²) in [6.07, 6.45) is 1.86. The van der Waals surface area contributed by atoms with Gasteiger partial charge in [-0.05, 0) is 12.1 Å². The van der Waals surface area contributed by atoms with E-state index in [1.807, 2.05) is 18.3 Å². The van der Waals surface area contributed by atoms with Crippen molar-refractivity contribution in [3.8, 4) is 17.7 Å². The number of nitrogens with zero attached hydrogens (tertiary/aromatic N) is 1. The van der Waals surface area contributed by atoms with Crippen molar-refractivity contribution in [1.29, 1.82) is 5.26 Å². The molecule has 14 heavy (non-hydrogen) atoms. The Morgan fingerprint density at radius 2 is 2.14 bits per heavy atom. The Hall–Kier alpha value is -1.89. The Labute approximate surface area is 83.1 Å². The molecule has 0 spiro atoms. The molecule has 0 atom stereocenters. The van der Waals surface area contributed by atoms with Gasteiger partial charge in [-0.2, -0.15) is 5.26 Å². The van der Waals surface area contributed by atoms with Gasteiger partial charge in [-0.15, -0.1) is 0 Å². The Kier molecular flexibility index (Phi) is 3.62. The molecular weight excluding hydrogens is 180 g/mol. The standard InChI is InChI=1S/C10H12N2O2/c1-13-9-4-3-8(6-12-7-11)10(5-9)14-2/h3-5,12H,6H2,1-2H3. The molecule has 0 fully saturated rings. The van der Waals surface area contributed by atoms with E-state index in [0.29, 0.717) is 12.3 Å². The highest BCUT2D eigenvalue weighted by atomic mass is 16.5. The average molecular weight is 192 g/mol. The van der Waals surface area contributed by atoms with E-state index in [1.54, 1.807) is 20.3 Å². The van der Waals surface area contributed by atoms with Crippen LogP contribution in [0.3, 0.4) is 0 Å². The van der Waals surface area contributed by atoms with Gasteiger partial charge in [0.1, 0.15) is 11.5 Å². The highest BCUT2D eigenvalue weighted by Gasteiger charge is 2.03. The molecule has 0 heterocycles. The number of hydrogen-bond donors (Lipinski definition) is 1. The summed E-state index contributed by atoms with van der Waals surface area (Å²) in [5.41, 5.74) is 0.926. The molecule has 1 aromatic carbocycles. The Bertz CT molecular complexity index is 344. The molecule has 74 valence electrons. The van der Waals surface area contributed by atoms with E-state index in [4.69, 9.17) is 14.7 Å². The van der Waals surface area contributed by atoms with E-state index >= 15 is 0 Å². The first kappa shape index (κ1) is 10.2. The molecular formula is C10H12N2O2. The van der Waals surface area contributed by atoms with Crippen LogP contribution in [-0.2, 0) is 6.54 Å². The fraction of sp³-hybridized carbons (Fsp3) is 0.300.